The van der Waals surface area contributed by atoms with E-state index >= 15 is 0 Å². The van der Waals surface area contributed by atoms with E-state index in [2.05, 4.69) is 15.6 Å². The summed E-state index contributed by atoms with van der Waals surface area (Å²) in [5.41, 5.74) is 6.79. The lowest BCUT2D eigenvalue weighted by molar-refractivity contribution is 0.0957. The Balaban J connectivity index is 1.73. The van der Waals surface area contributed by atoms with Crippen LogP contribution < -0.4 is 16.4 Å². The van der Waals surface area contributed by atoms with Crippen LogP contribution in [0.1, 0.15) is 34.6 Å². The number of hydrogen-bond acceptors (Lipinski definition) is 3. The second-order valence-electron chi connectivity index (χ2n) is 5.39. The van der Waals surface area contributed by atoms with E-state index in [1.807, 2.05) is 24.4 Å². The van der Waals surface area contributed by atoms with Gasteiger partial charge in [0.1, 0.15) is 0 Å². The van der Waals surface area contributed by atoms with E-state index in [0.29, 0.717) is 40.4 Å². The van der Waals surface area contributed by atoms with Gasteiger partial charge in [0.2, 0.25) is 0 Å². The van der Waals surface area contributed by atoms with Gasteiger partial charge in [-0.1, -0.05) is 35.3 Å². The van der Waals surface area contributed by atoms with Crippen LogP contribution in [0.3, 0.4) is 0 Å². The van der Waals surface area contributed by atoms with Gasteiger partial charge in [0.05, 0.1) is 10.9 Å². The summed E-state index contributed by atoms with van der Waals surface area (Å²) in [6.45, 7) is 3.01. The Hall–Kier alpha value is -1.76. The lowest BCUT2D eigenvalue weighted by Crippen LogP contribution is -2.34. The van der Waals surface area contributed by atoms with E-state index < -0.39 is 0 Å². The SMILES string of the molecule is CC(NC(N)=NCCCNC(=O)c1cccs1)c1ccc(Cl)cc1Cl. The molecule has 0 aliphatic heterocycles. The van der Waals surface area contributed by atoms with Crippen LogP contribution in [0.5, 0.6) is 0 Å². The Kier molecular flexibility index (Phi) is 7.55. The first-order valence-corrected chi connectivity index (χ1v) is 9.44. The average molecular weight is 399 g/mol. The molecule has 0 fully saturated rings. The number of hydrogen-bond donors (Lipinski definition) is 3. The van der Waals surface area contributed by atoms with Crippen molar-refractivity contribution in [2.24, 2.45) is 10.7 Å². The number of thiophene rings is 1. The summed E-state index contributed by atoms with van der Waals surface area (Å²) in [6.07, 6.45) is 0.704. The van der Waals surface area contributed by atoms with E-state index in [0.717, 1.165) is 5.56 Å². The Bertz CT molecular complexity index is 734. The number of rotatable bonds is 7. The Labute approximate surface area is 161 Å². The molecule has 0 saturated heterocycles. The largest absolute Gasteiger partial charge is 0.370 e. The third-order valence-electron chi connectivity index (χ3n) is 3.44. The Morgan fingerprint density at radius 3 is 2.84 bits per heavy atom. The molecule has 2 rings (SSSR count). The van der Waals surface area contributed by atoms with Gasteiger partial charge in [0, 0.05) is 23.1 Å². The van der Waals surface area contributed by atoms with E-state index in [1.165, 1.54) is 11.3 Å². The number of guanidine groups is 1. The maximum Gasteiger partial charge on any atom is 0.261 e. The Morgan fingerprint density at radius 2 is 2.16 bits per heavy atom. The standard InChI is InChI=1S/C17H20Cl2N4OS/c1-11(13-6-5-12(18)10-14(13)19)23-17(20)22-8-3-7-21-16(24)15-4-2-9-25-15/h2,4-6,9-11H,3,7-8H2,1H3,(H,21,24)(H3,20,22,23). The van der Waals surface area contributed by atoms with Crippen LogP contribution in [0.2, 0.25) is 10.0 Å². The molecule has 1 aromatic heterocycles. The molecule has 0 aliphatic carbocycles. The highest BCUT2D eigenvalue weighted by molar-refractivity contribution is 7.12. The number of amides is 1. The topological polar surface area (TPSA) is 79.5 Å². The predicted molar refractivity (Wildman–Crippen MR) is 106 cm³/mol. The molecule has 1 aromatic carbocycles. The molecule has 1 atom stereocenters. The molecule has 134 valence electrons. The van der Waals surface area contributed by atoms with Crippen molar-refractivity contribution in [1.29, 1.82) is 0 Å². The molecular weight excluding hydrogens is 379 g/mol. The molecule has 8 heteroatoms. The summed E-state index contributed by atoms with van der Waals surface area (Å²) < 4.78 is 0. The third kappa shape index (κ3) is 6.23. The number of nitrogens with zero attached hydrogens (tertiary/aromatic N) is 1. The zero-order valence-electron chi connectivity index (χ0n) is 13.8. The maximum atomic E-state index is 11.8. The molecule has 0 aliphatic rings. The van der Waals surface area contributed by atoms with Gasteiger partial charge in [0.15, 0.2) is 5.96 Å². The number of aliphatic imine (C=N–C) groups is 1. The number of carbonyl (C=O) groups excluding carboxylic acids is 1. The highest BCUT2D eigenvalue weighted by Crippen LogP contribution is 2.25. The first-order chi connectivity index (χ1) is 12.0. The molecule has 5 nitrogen and oxygen atoms in total. The highest BCUT2D eigenvalue weighted by atomic mass is 35.5. The van der Waals surface area contributed by atoms with Crippen LogP contribution in [0.15, 0.2) is 40.7 Å². The lowest BCUT2D eigenvalue weighted by atomic mass is 10.1. The molecule has 0 spiro atoms. The molecule has 25 heavy (non-hydrogen) atoms. The van der Waals surface area contributed by atoms with Gasteiger partial charge in [-0.15, -0.1) is 11.3 Å². The molecule has 1 heterocycles. The second-order valence-corrected chi connectivity index (χ2v) is 7.18. The summed E-state index contributed by atoms with van der Waals surface area (Å²) in [5.74, 6) is 0.277. The van der Waals surface area contributed by atoms with Crippen molar-refractivity contribution in [1.82, 2.24) is 10.6 Å². The average Bonchev–Trinajstić information content (AvgIpc) is 3.08. The van der Waals surface area contributed by atoms with Gasteiger partial charge in [0.25, 0.3) is 5.91 Å². The number of carbonyl (C=O) groups is 1. The van der Waals surface area contributed by atoms with Crippen molar-refractivity contribution >= 4 is 46.4 Å². The minimum atomic E-state index is -0.0907. The summed E-state index contributed by atoms with van der Waals surface area (Å²) in [6, 6.07) is 8.89. The van der Waals surface area contributed by atoms with Crippen LogP contribution in [0, 0.1) is 0 Å². The predicted octanol–water partition coefficient (Wildman–Crippen LogP) is 3.84. The molecule has 0 saturated carbocycles. The van der Waals surface area contributed by atoms with Crippen LogP contribution in [0.4, 0.5) is 0 Å². The fourth-order valence-corrected chi connectivity index (χ4v) is 3.39. The first-order valence-electron chi connectivity index (χ1n) is 7.80. The molecule has 0 bridgehead atoms. The van der Waals surface area contributed by atoms with Gasteiger partial charge in [-0.05, 0) is 42.5 Å². The van der Waals surface area contributed by atoms with Gasteiger partial charge in [-0.3, -0.25) is 9.79 Å². The van der Waals surface area contributed by atoms with Gasteiger partial charge in [-0.25, -0.2) is 0 Å². The van der Waals surface area contributed by atoms with Crippen molar-refractivity contribution in [3.63, 3.8) is 0 Å². The molecule has 1 unspecified atom stereocenters. The number of nitrogens with one attached hydrogen (secondary N) is 2. The minimum Gasteiger partial charge on any atom is -0.370 e. The highest BCUT2D eigenvalue weighted by Gasteiger charge is 2.10. The molecule has 2 aromatic rings. The van der Waals surface area contributed by atoms with Gasteiger partial charge in [-0.2, -0.15) is 0 Å². The number of benzene rings is 1. The first kappa shape index (κ1) is 19.6. The summed E-state index contributed by atoms with van der Waals surface area (Å²) in [5, 5.41) is 8.99. The number of nitrogens with two attached hydrogens (primary N) is 1. The zero-order valence-corrected chi connectivity index (χ0v) is 16.1. The van der Waals surface area contributed by atoms with Crippen molar-refractivity contribution in [3.05, 3.63) is 56.2 Å². The summed E-state index contributed by atoms with van der Waals surface area (Å²) in [4.78, 5) is 16.7. The lowest BCUT2D eigenvalue weighted by Gasteiger charge is -2.16. The van der Waals surface area contributed by atoms with Crippen LogP contribution in [0.25, 0.3) is 0 Å². The molecule has 0 radical (unpaired) electrons. The monoisotopic (exact) mass is 398 g/mol. The summed E-state index contributed by atoms with van der Waals surface area (Å²) in [7, 11) is 0. The Morgan fingerprint density at radius 1 is 1.36 bits per heavy atom. The fraction of sp³-hybridized carbons (Fsp3) is 0.294. The van der Waals surface area contributed by atoms with E-state index in [4.69, 9.17) is 28.9 Å². The smallest absolute Gasteiger partial charge is 0.261 e. The fourth-order valence-electron chi connectivity index (χ4n) is 2.17. The van der Waals surface area contributed by atoms with Crippen LogP contribution >= 0.6 is 34.5 Å². The van der Waals surface area contributed by atoms with Gasteiger partial charge < -0.3 is 16.4 Å². The molecule has 1 amide bonds. The van der Waals surface area contributed by atoms with Crippen molar-refractivity contribution in [2.45, 2.75) is 19.4 Å². The zero-order chi connectivity index (χ0) is 18.2. The molecule has 4 N–H and O–H groups in total. The van der Waals surface area contributed by atoms with Crippen molar-refractivity contribution in [3.8, 4) is 0 Å². The van der Waals surface area contributed by atoms with Crippen LogP contribution in [-0.2, 0) is 0 Å². The summed E-state index contributed by atoms with van der Waals surface area (Å²) >= 11 is 13.5. The van der Waals surface area contributed by atoms with E-state index in [9.17, 15) is 4.79 Å². The van der Waals surface area contributed by atoms with E-state index in [1.54, 1.807) is 18.2 Å². The molecular formula is C17H20Cl2N4OS. The van der Waals surface area contributed by atoms with Crippen molar-refractivity contribution < 1.29 is 4.79 Å². The van der Waals surface area contributed by atoms with Gasteiger partial charge >= 0.3 is 0 Å². The maximum absolute atomic E-state index is 11.8. The third-order valence-corrected chi connectivity index (χ3v) is 4.87. The quantitative estimate of drug-likeness (QED) is 0.376. The minimum absolute atomic E-state index is 0.0592. The van der Waals surface area contributed by atoms with Crippen LogP contribution in [-0.4, -0.2) is 25.0 Å². The normalized spacial score (nSPS) is 12.7. The second kappa shape index (κ2) is 9.65. The van der Waals surface area contributed by atoms with Crippen molar-refractivity contribution in [2.75, 3.05) is 13.1 Å². The van der Waals surface area contributed by atoms with E-state index in [-0.39, 0.29) is 11.9 Å². The number of halogens is 2.